The van der Waals surface area contributed by atoms with E-state index in [-0.39, 0.29) is 11.4 Å². The minimum atomic E-state index is -3.82. The number of hydrogen-bond acceptors (Lipinski definition) is 2. The van der Waals surface area contributed by atoms with E-state index in [1.807, 2.05) is 0 Å². The molecular weight excluding hydrogens is 328 g/mol. The van der Waals surface area contributed by atoms with Crippen LogP contribution in [-0.4, -0.2) is 31.7 Å². The topological polar surface area (TPSA) is 37.4 Å². The maximum absolute atomic E-state index is 13.1. The number of aryl methyl sites for hydroxylation is 1. The number of rotatable bonds is 2. The van der Waals surface area contributed by atoms with E-state index in [0.717, 1.165) is 14.3 Å². The molecule has 1 saturated heterocycles. The van der Waals surface area contributed by atoms with E-state index in [0.29, 0.717) is 0 Å². The summed E-state index contributed by atoms with van der Waals surface area (Å²) >= 11 is 3.27. The highest BCUT2D eigenvalue weighted by Crippen LogP contribution is 2.31. The molecule has 0 aliphatic carbocycles. The monoisotopic (exact) mass is 339 g/mol. The molecule has 1 aliphatic rings. The third-order valence-corrected chi connectivity index (χ3v) is 5.63. The molecule has 0 N–H and O–H groups in total. The van der Waals surface area contributed by atoms with Crippen molar-refractivity contribution in [3.63, 3.8) is 0 Å². The van der Waals surface area contributed by atoms with E-state index in [9.17, 15) is 17.2 Å². The molecule has 0 bridgehead atoms. The number of alkyl halides is 2. The Morgan fingerprint density at radius 1 is 1.39 bits per heavy atom. The minimum Gasteiger partial charge on any atom is -0.207 e. The van der Waals surface area contributed by atoms with Gasteiger partial charge in [-0.1, -0.05) is 15.9 Å². The largest absolute Gasteiger partial charge is 0.262 e. The van der Waals surface area contributed by atoms with Gasteiger partial charge in [-0.15, -0.1) is 0 Å². The SMILES string of the molecule is Cc1cc(S(=O)(=O)N2CCC(F)(F)C2)ccc1Br. The summed E-state index contributed by atoms with van der Waals surface area (Å²) in [6.45, 7) is 0.885. The van der Waals surface area contributed by atoms with Gasteiger partial charge in [-0.2, -0.15) is 4.31 Å². The fraction of sp³-hybridized carbons (Fsp3) is 0.455. The smallest absolute Gasteiger partial charge is 0.207 e. The predicted molar refractivity (Wildman–Crippen MR) is 67.2 cm³/mol. The number of hydrogen-bond donors (Lipinski definition) is 0. The fourth-order valence-corrected chi connectivity index (χ4v) is 3.64. The van der Waals surface area contributed by atoms with Crippen LogP contribution in [0.25, 0.3) is 0 Å². The van der Waals surface area contributed by atoms with Gasteiger partial charge < -0.3 is 0 Å². The van der Waals surface area contributed by atoms with Crippen LogP contribution in [0.1, 0.15) is 12.0 Å². The van der Waals surface area contributed by atoms with Crippen LogP contribution in [0.15, 0.2) is 27.6 Å². The van der Waals surface area contributed by atoms with E-state index in [4.69, 9.17) is 0 Å². The lowest BCUT2D eigenvalue weighted by Crippen LogP contribution is -2.31. The fourth-order valence-electron chi connectivity index (χ4n) is 1.84. The lowest BCUT2D eigenvalue weighted by Gasteiger charge is -2.16. The van der Waals surface area contributed by atoms with Gasteiger partial charge in [0.25, 0.3) is 5.92 Å². The van der Waals surface area contributed by atoms with Crippen LogP contribution in [0.3, 0.4) is 0 Å². The van der Waals surface area contributed by atoms with Crippen LogP contribution in [0.4, 0.5) is 8.78 Å². The molecule has 0 atom stereocenters. The maximum atomic E-state index is 13.1. The first-order valence-electron chi connectivity index (χ1n) is 5.36. The van der Waals surface area contributed by atoms with E-state index >= 15 is 0 Å². The van der Waals surface area contributed by atoms with Gasteiger partial charge in [0.15, 0.2) is 0 Å². The van der Waals surface area contributed by atoms with Crippen LogP contribution in [-0.2, 0) is 10.0 Å². The van der Waals surface area contributed by atoms with Crippen LogP contribution in [0.5, 0.6) is 0 Å². The molecule has 2 rings (SSSR count). The summed E-state index contributed by atoms with van der Waals surface area (Å²) in [6.07, 6.45) is -0.415. The second-order valence-corrected chi connectivity index (χ2v) is 7.15. The van der Waals surface area contributed by atoms with Gasteiger partial charge in [-0.3, -0.25) is 0 Å². The zero-order chi connectivity index (χ0) is 13.6. The van der Waals surface area contributed by atoms with Crippen molar-refractivity contribution in [3.05, 3.63) is 28.2 Å². The first-order chi connectivity index (χ1) is 8.22. The molecule has 1 aromatic rings. The van der Waals surface area contributed by atoms with Crippen molar-refractivity contribution in [1.82, 2.24) is 4.31 Å². The molecule has 0 radical (unpaired) electrons. The van der Waals surface area contributed by atoms with Crippen molar-refractivity contribution in [2.24, 2.45) is 0 Å². The van der Waals surface area contributed by atoms with Crippen LogP contribution < -0.4 is 0 Å². The maximum Gasteiger partial charge on any atom is 0.262 e. The summed E-state index contributed by atoms with van der Waals surface area (Å²) < 4.78 is 52.1. The summed E-state index contributed by atoms with van der Waals surface area (Å²) in [6, 6.07) is 4.51. The van der Waals surface area contributed by atoms with E-state index in [2.05, 4.69) is 15.9 Å². The number of halogens is 3. The molecule has 0 amide bonds. The van der Waals surface area contributed by atoms with Gasteiger partial charge >= 0.3 is 0 Å². The molecule has 1 aliphatic heterocycles. The Hall–Kier alpha value is -0.530. The quantitative estimate of drug-likeness (QED) is 0.830. The normalized spacial score (nSPS) is 20.2. The molecule has 3 nitrogen and oxygen atoms in total. The summed E-state index contributed by atoms with van der Waals surface area (Å²) in [5.74, 6) is -2.92. The van der Waals surface area contributed by atoms with Crippen molar-refractivity contribution in [2.45, 2.75) is 24.2 Å². The van der Waals surface area contributed by atoms with Gasteiger partial charge in [0.2, 0.25) is 10.0 Å². The Kier molecular flexibility index (Phi) is 3.50. The molecule has 0 saturated carbocycles. The molecule has 1 aromatic carbocycles. The summed E-state index contributed by atoms with van der Waals surface area (Å²) in [5, 5.41) is 0. The highest BCUT2D eigenvalue weighted by Gasteiger charge is 2.43. The Morgan fingerprint density at radius 3 is 2.56 bits per heavy atom. The first-order valence-corrected chi connectivity index (χ1v) is 7.60. The number of benzene rings is 1. The minimum absolute atomic E-state index is 0.0564. The third kappa shape index (κ3) is 2.57. The van der Waals surface area contributed by atoms with Gasteiger partial charge in [0, 0.05) is 17.4 Å². The highest BCUT2D eigenvalue weighted by molar-refractivity contribution is 9.10. The van der Waals surface area contributed by atoms with Gasteiger partial charge in [-0.05, 0) is 30.7 Å². The van der Waals surface area contributed by atoms with E-state index in [1.54, 1.807) is 13.0 Å². The average molecular weight is 340 g/mol. The molecule has 18 heavy (non-hydrogen) atoms. The Morgan fingerprint density at radius 2 is 2.06 bits per heavy atom. The average Bonchev–Trinajstić information content (AvgIpc) is 2.63. The first kappa shape index (κ1) is 13.9. The predicted octanol–water partition coefficient (Wildman–Crippen LogP) is 2.79. The third-order valence-electron chi connectivity index (χ3n) is 2.90. The Balaban J connectivity index is 2.34. The van der Waals surface area contributed by atoms with Crippen LogP contribution >= 0.6 is 15.9 Å². The lowest BCUT2D eigenvalue weighted by molar-refractivity contribution is 0.0183. The standard InChI is InChI=1S/C11H12BrF2NO2S/c1-8-6-9(2-3-10(8)12)18(16,17)15-5-4-11(13,14)7-15/h2-3,6H,4-5,7H2,1H3. The summed E-state index contributed by atoms with van der Waals surface area (Å²) in [7, 11) is -3.82. The van der Waals surface area contributed by atoms with Crippen molar-refractivity contribution in [2.75, 3.05) is 13.1 Å². The molecular formula is C11H12BrF2NO2S. The molecule has 0 unspecified atom stereocenters. The van der Waals surface area contributed by atoms with E-state index in [1.165, 1.54) is 12.1 Å². The van der Waals surface area contributed by atoms with Gasteiger partial charge in [0.05, 0.1) is 11.4 Å². The molecule has 0 aromatic heterocycles. The van der Waals surface area contributed by atoms with Gasteiger partial charge in [0.1, 0.15) is 0 Å². The van der Waals surface area contributed by atoms with Crippen LogP contribution in [0.2, 0.25) is 0 Å². The number of nitrogens with zero attached hydrogens (tertiary/aromatic N) is 1. The molecule has 1 fully saturated rings. The number of sulfonamides is 1. The van der Waals surface area contributed by atoms with Crippen molar-refractivity contribution >= 4 is 26.0 Å². The molecule has 0 spiro atoms. The second kappa shape index (κ2) is 4.54. The van der Waals surface area contributed by atoms with E-state index < -0.39 is 28.9 Å². The van der Waals surface area contributed by atoms with Crippen molar-refractivity contribution < 1.29 is 17.2 Å². The van der Waals surface area contributed by atoms with Crippen LogP contribution in [0, 0.1) is 6.92 Å². The Bertz CT molecular complexity index is 574. The summed E-state index contributed by atoms with van der Waals surface area (Å²) in [5.41, 5.74) is 0.752. The molecule has 1 heterocycles. The van der Waals surface area contributed by atoms with Crippen molar-refractivity contribution in [3.8, 4) is 0 Å². The lowest BCUT2D eigenvalue weighted by atomic mass is 10.2. The van der Waals surface area contributed by atoms with Crippen molar-refractivity contribution in [1.29, 1.82) is 0 Å². The highest BCUT2D eigenvalue weighted by atomic mass is 79.9. The zero-order valence-corrected chi connectivity index (χ0v) is 12.1. The van der Waals surface area contributed by atoms with Gasteiger partial charge in [-0.25, -0.2) is 17.2 Å². The zero-order valence-electron chi connectivity index (χ0n) is 9.66. The molecule has 100 valence electrons. The Labute approximate surface area is 113 Å². The summed E-state index contributed by atoms with van der Waals surface area (Å²) in [4.78, 5) is 0.0564. The molecule has 7 heteroatoms. The second-order valence-electron chi connectivity index (χ2n) is 4.36.